The molecule has 0 fully saturated rings. The lowest BCUT2D eigenvalue weighted by molar-refractivity contribution is 0.177. The Morgan fingerprint density at radius 2 is 1.94 bits per heavy atom. The van der Waals surface area contributed by atoms with E-state index in [4.69, 9.17) is 4.74 Å². The Balaban J connectivity index is 2.22. The highest BCUT2D eigenvalue weighted by molar-refractivity contribution is 5.41. The normalized spacial score (nSPS) is 12.2. The molecule has 0 bridgehead atoms. The van der Waals surface area contributed by atoms with Crippen LogP contribution in [-0.4, -0.2) is 17.2 Å². The monoisotopic (exact) mass is 243 g/mol. The minimum absolute atomic E-state index is 0.537. The first-order valence-electron chi connectivity index (χ1n) is 5.93. The van der Waals surface area contributed by atoms with Crippen molar-refractivity contribution in [1.29, 1.82) is 0 Å². The van der Waals surface area contributed by atoms with Crippen molar-refractivity contribution in [2.24, 2.45) is 0 Å². The van der Waals surface area contributed by atoms with E-state index in [0.29, 0.717) is 6.42 Å². The van der Waals surface area contributed by atoms with Crippen LogP contribution in [0.4, 0.5) is 0 Å². The summed E-state index contributed by atoms with van der Waals surface area (Å²) in [5.74, 6) is 0.852. The van der Waals surface area contributed by atoms with Gasteiger partial charge in [0.1, 0.15) is 5.75 Å². The summed E-state index contributed by atoms with van der Waals surface area (Å²) in [6.07, 6.45) is 3.37. The number of aryl methyl sites for hydroxylation is 1. The van der Waals surface area contributed by atoms with Crippen molar-refractivity contribution in [2.75, 3.05) is 7.11 Å². The molecular formula is C15H17NO2. The van der Waals surface area contributed by atoms with Gasteiger partial charge in [-0.2, -0.15) is 0 Å². The molecule has 1 heterocycles. The molecular weight excluding hydrogens is 226 g/mol. The van der Waals surface area contributed by atoms with E-state index < -0.39 is 6.10 Å². The Hall–Kier alpha value is -1.87. The van der Waals surface area contributed by atoms with Gasteiger partial charge in [-0.15, -0.1) is 0 Å². The van der Waals surface area contributed by atoms with Gasteiger partial charge in [0.2, 0.25) is 0 Å². The number of pyridine rings is 1. The number of para-hydroxylation sites is 1. The van der Waals surface area contributed by atoms with Crippen LogP contribution in [0.5, 0.6) is 5.75 Å². The third-order valence-corrected chi connectivity index (χ3v) is 3.00. The number of hydrogen-bond acceptors (Lipinski definition) is 3. The van der Waals surface area contributed by atoms with E-state index in [0.717, 1.165) is 22.4 Å². The Morgan fingerprint density at radius 1 is 1.22 bits per heavy atom. The zero-order chi connectivity index (χ0) is 13.0. The molecule has 0 unspecified atom stereocenters. The number of methoxy groups -OCH3 is 1. The third-order valence-electron chi connectivity index (χ3n) is 3.00. The van der Waals surface area contributed by atoms with Crippen LogP contribution in [0.3, 0.4) is 0 Å². The van der Waals surface area contributed by atoms with Crippen molar-refractivity contribution in [3.8, 4) is 5.75 Å². The second-order valence-electron chi connectivity index (χ2n) is 4.27. The van der Waals surface area contributed by atoms with Crippen molar-refractivity contribution < 1.29 is 9.84 Å². The molecule has 2 aromatic rings. The third kappa shape index (κ3) is 2.68. The number of benzene rings is 1. The first-order valence-corrected chi connectivity index (χ1v) is 5.93. The number of ether oxygens (including phenoxy) is 1. The highest BCUT2D eigenvalue weighted by Crippen LogP contribution is 2.27. The van der Waals surface area contributed by atoms with Crippen LogP contribution >= 0.6 is 0 Å². The predicted molar refractivity (Wildman–Crippen MR) is 70.6 cm³/mol. The molecule has 94 valence electrons. The maximum atomic E-state index is 10.2. The Labute approximate surface area is 107 Å². The van der Waals surface area contributed by atoms with Crippen molar-refractivity contribution in [3.05, 3.63) is 59.4 Å². The summed E-state index contributed by atoms with van der Waals surface area (Å²) in [4.78, 5) is 3.95. The van der Waals surface area contributed by atoms with Crippen molar-refractivity contribution >= 4 is 0 Å². The maximum Gasteiger partial charge on any atom is 0.125 e. The molecule has 0 radical (unpaired) electrons. The minimum atomic E-state index is -0.538. The molecule has 1 N–H and O–H groups in total. The molecule has 0 aliphatic rings. The lowest BCUT2D eigenvalue weighted by atomic mass is 10.00. The smallest absolute Gasteiger partial charge is 0.125 e. The fraction of sp³-hybridized carbons (Fsp3) is 0.267. The summed E-state index contributed by atoms with van der Waals surface area (Å²) in [6, 6.07) is 9.61. The van der Waals surface area contributed by atoms with Gasteiger partial charge in [0.15, 0.2) is 0 Å². The standard InChI is InChI=1S/C15H17NO2/c1-11-4-3-5-13(15(11)18-2)10-14(17)12-6-8-16-9-7-12/h3-9,14,17H,10H2,1-2H3/t14-/m0/s1. The van der Waals surface area contributed by atoms with Gasteiger partial charge in [-0.1, -0.05) is 18.2 Å². The average Bonchev–Trinajstić information content (AvgIpc) is 2.40. The fourth-order valence-corrected chi connectivity index (χ4v) is 2.08. The fourth-order valence-electron chi connectivity index (χ4n) is 2.08. The van der Waals surface area contributed by atoms with Gasteiger partial charge in [-0.25, -0.2) is 0 Å². The van der Waals surface area contributed by atoms with Gasteiger partial charge in [0.25, 0.3) is 0 Å². The zero-order valence-corrected chi connectivity index (χ0v) is 10.6. The average molecular weight is 243 g/mol. The Kier molecular flexibility index (Phi) is 3.95. The van der Waals surface area contributed by atoms with Crippen LogP contribution < -0.4 is 4.74 Å². The lowest BCUT2D eigenvalue weighted by Gasteiger charge is -2.15. The van der Waals surface area contributed by atoms with Crippen LogP contribution in [0.15, 0.2) is 42.7 Å². The summed E-state index contributed by atoms with van der Waals surface area (Å²) in [5.41, 5.74) is 2.97. The molecule has 0 saturated carbocycles. The van der Waals surface area contributed by atoms with E-state index in [1.54, 1.807) is 19.5 Å². The number of aliphatic hydroxyl groups excluding tert-OH is 1. The number of rotatable bonds is 4. The van der Waals surface area contributed by atoms with E-state index in [-0.39, 0.29) is 0 Å². The summed E-state index contributed by atoms with van der Waals surface area (Å²) in [7, 11) is 1.66. The number of aliphatic hydroxyl groups is 1. The quantitative estimate of drug-likeness (QED) is 0.897. The summed E-state index contributed by atoms with van der Waals surface area (Å²) >= 11 is 0. The van der Waals surface area contributed by atoms with Gasteiger partial charge < -0.3 is 9.84 Å². The topological polar surface area (TPSA) is 42.4 Å². The van der Waals surface area contributed by atoms with Gasteiger partial charge in [-0.05, 0) is 35.7 Å². The van der Waals surface area contributed by atoms with Gasteiger partial charge in [0, 0.05) is 18.8 Å². The van der Waals surface area contributed by atoms with E-state index in [9.17, 15) is 5.11 Å². The molecule has 1 atom stereocenters. The summed E-state index contributed by atoms with van der Waals surface area (Å²) < 4.78 is 5.39. The van der Waals surface area contributed by atoms with E-state index in [2.05, 4.69) is 4.98 Å². The zero-order valence-electron chi connectivity index (χ0n) is 10.6. The molecule has 3 nitrogen and oxygen atoms in total. The predicted octanol–water partition coefficient (Wildman–Crippen LogP) is 2.67. The van der Waals surface area contributed by atoms with Crippen molar-refractivity contribution in [2.45, 2.75) is 19.4 Å². The Bertz CT molecular complexity index is 511. The molecule has 1 aromatic heterocycles. The van der Waals surface area contributed by atoms with Crippen LogP contribution in [0.2, 0.25) is 0 Å². The molecule has 1 aromatic carbocycles. The largest absolute Gasteiger partial charge is 0.496 e. The summed E-state index contributed by atoms with van der Waals surface area (Å²) in [6.45, 7) is 2.00. The molecule has 0 amide bonds. The first kappa shape index (κ1) is 12.6. The van der Waals surface area contributed by atoms with Gasteiger partial charge >= 0.3 is 0 Å². The lowest BCUT2D eigenvalue weighted by Crippen LogP contribution is -2.04. The van der Waals surface area contributed by atoms with Gasteiger partial charge in [0.05, 0.1) is 13.2 Å². The molecule has 18 heavy (non-hydrogen) atoms. The highest BCUT2D eigenvalue weighted by Gasteiger charge is 2.12. The van der Waals surface area contributed by atoms with E-state index in [1.165, 1.54) is 0 Å². The van der Waals surface area contributed by atoms with Crippen LogP contribution in [0, 0.1) is 6.92 Å². The number of nitrogens with zero attached hydrogens (tertiary/aromatic N) is 1. The molecule has 0 aliphatic heterocycles. The number of aromatic nitrogens is 1. The van der Waals surface area contributed by atoms with Crippen molar-refractivity contribution in [1.82, 2.24) is 4.98 Å². The SMILES string of the molecule is COc1c(C)cccc1C[C@H](O)c1ccncc1. The van der Waals surface area contributed by atoms with E-state index >= 15 is 0 Å². The van der Waals surface area contributed by atoms with E-state index in [1.807, 2.05) is 37.3 Å². The Morgan fingerprint density at radius 3 is 2.61 bits per heavy atom. The maximum absolute atomic E-state index is 10.2. The summed E-state index contributed by atoms with van der Waals surface area (Å²) in [5, 5.41) is 10.2. The highest BCUT2D eigenvalue weighted by atomic mass is 16.5. The number of hydrogen-bond donors (Lipinski definition) is 1. The minimum Gasteiger partial charge on any atom is -0.496 e. The van der Waals surface area contributed by atoms with Gasteiger partial charge in [-0.3, -0.25) is 4.98 Å². The van der Waals surface area contributed by atoms with Crippen LogP contribution in [0.1, 0.15) is 22.8 Å². The molecule has 0 aliphatic carbocycles. The molecule has 0 saturated heterocycles. The first-order chi connectivity index (χ1) is 8.72. The second-order valence-corrected chi connectivity index (χ2v) is 4.27. The molecule has 0 spiro atoms. The second kappa shape index (κ2) is 5.65. The van der Waals surface area contributed by atoms with Crippen LogP contribution in [-0.2, 0) is 6.42 Å². The van der Waals surface area contributed by atoms with Crippen LogP contribution in [0.25, 0.3) is 0 Å². The molecule has 3 heteroatoms. The molecule has 2 rings (SSSR count). The van der Waals surface area contributed by atoms with Crippen molar-refractivity contribution in [3.63, 3.8) is 0 Å².